The lowest BCUT2D eigenvalue weighted by atomic mass is 10.1. The standard InChI is InChI=1S/C19H20FNO3/c1-23-15-8-6-14(7-9-15)12-19(22)21-10-11-24-18(13-21)16-4-2-3-5-17(16)20/h2-9,18H,10-13H2,1H3/t18-/m0/s1. The Morgan fingerprint density at radius 2 is 2.00 bits per heavy atom. The third kappa shape index (κ3) is 3.74. The van der Waals surface area contributed by atoms with Gasteiger partial charge in [-0.2, -0.15) is 0 Å². The van der Waals surface area contributed by atoms with E-state index < -0.39 is 6.10 Å². The molecule has 4 nitrogen and oxygen atoms in total. The van der Waals surface area contributed by atoms with Crippen LogP contribution in [0, 0.1) is 5.82 Å². The highest BCUT2D eigenvalue weighted by atomic mass is 19.1. The third-order valence-electron chi connectivity index (χ3n) is 4.19. The van der Waals surface area contributed by atoms with Crippen LogP contribution in [0.25, 0.3) is 0 Å². The van der Waals surface area contributed by atoms with Crippen LogP contribution < -0.4 is 4.74 Å². The number of benzene rings is 2. The molecule has 126 valence electrons. The Bertz CT molecular complexity index is 702. The first-order chi connectivity index (χ1) is 11.7. The Balaban J connectivity index is 1.65. The number of carbonyl (C=O) groups is 1. The number of hydrogen-bond acceptors (Lipinski definition) is 3. The summed E-state index contributed by atoms with van der Waals surface area (Å²) >= 11 is 0. The average molecular weight is 329 g/mol. The second-order valence-corrected chi connectivity index (χ2v) is 5.75. The first-order valence-electron chi connectivity index (χ1n) is 7.94. The van der Waals surface area contributed by atoms with E-state index in [2.05, 4.69) is 0 Å². The molecule has 1 saturated heterocycles. The molecule has 1 atom stereocenters. The Morgan fingerprint density at radius 3 is 2.71 bits per heavy atom. The second kappa shape index (κ2) is 7.45. The predicted octanol–water partition coefficient (Wildman–Crippen LogP) is 2.98. The minimum Gasteiger partial charge on any atom is -0.497 e. The van der Waals surface area contributed by atoms with Crippen molar-refractivity contribution in [3.63, 3.8) is 0 Å². The highest BCUT2D eigenvalue weighted by Gasteiger charge is 2.26. The van der Waals surface area contributed by atoms with Gasteiger partial charge in [0.15, 0.2) is 0 Å². The lowest BCUT2D eigenvalue weighted by Gasteiger charge is -2.33. The topological polar surface area (TPSA) is 38.8 Å². The highest BCUT2D eigenvalue weighted by Crippen LogP contribution is 2.25. The number of carbonyl (C=O) groups excluding carboxylic acids is 1. The molecule has 1 aliphatic rings. The smallest absolute Gasteiger partial charge is 0.227 e. The zero-order valence-electron chi connectivity index (χ0n) is 13.6. The van der Waals surface area contributed by atoms with Crippen molar-refractivity contribution in [2.24, 2.45) is 0 Å². The van der Waals surface area contributed by atoms with Gasteiger partial charge in [0.1, 0.15) is 17.7 Å². The molecule has 0 bridgehead atoms. The minimum atomic E-state index is -0.417. The minimum absolute atomic E-state index is 0.0183. The summed E-state index contributed by atoms with van der Waals surface area (Å²) in [6.45, 7) is 1.31. The molecule has 0 N–H and O–H groups in total. The summed E-state index contributed by atoms with van der Waals surface area (Å²) in [4.78, 5) is 14.3. The molecule has 2 aromatic carbocycles. The van der Waals surface area contributed by atoms with Crippen molar-refractivity contribution in [2.45, 2.75) is 12.5 Å². The number of ether oxygens (including phenoxy) is 2. The van der Waals surface area contributed by atoms with Gasteiger partial charge in [0.25, 0.3) is 0 Å². The Kier molecular flexibility index (Phi) is 5.11. The van der Waals surface area contributed by atoms with Gasteiger partial charge in [-0.1, -0.05) is 30.3 Å². The number of amides is 1. The SMILES string of the molecule is COc1ccc(CC(=O)N2CCO[C@H](c3ccccc3F)C2)cc1. The Hall–Kier alpha value is -2.40. The molecule has 3 rings (SSSR count). The second-order valence-electron chi connectivity index (χ2n) is 5.75. The molecular formula is C19H20FNO3. The summed E-state index contributed by atoms with van der Waals surface area (Å²) in [5.41, 5.74) is 1.43. The summed E-state index contributed by atoms with van der Waals surface area (Å²) in [6.07, 6.45) is -0.103. The zero-order chi connectivity index (χ0) is 16.9. The van der Waals surface area contributed by atoms with E-state index in [1.165, 1.54) is 6.07 Å². The van der Waals surface area contributed by atoms with Gasteiger partial charge in [-0.3, -0.25) is 4.79 Å². The van der Waals surface area contributed by atoms with E-state index in [0.717, 1.165) is 11.3 Å². The van der Waals surface area contributed by atoms with Crippen LogP contribution in [0.3, 0.4) is 0 Å². The summed E-state index contributed by atoms with van der Waals surface area (Å²) < 4.78 is 24.7. The number of nitrogens with zero attached hydrogens (tertiary/aromatic N) is 1. The maximum atomic E-state index is 13.9. The van der Waals surface area contributed by atoms with Gasteiger partial charge in [0.05, 0.1) is 26.7 Å². The molecule has 0 radical (unpaired) electrons. The fourth-order valence-corrected chi connectivity index (χ4v) is 2.83. The van der Waals surface area contributed by atoms with Crippen molar-refractivity contribution >= 4 is 5.91 Å². The molecule has 0 saturated carbocycles. The molecular weight excluding hydrogens is 309 g/mol. The van der Waals surface area contributed by atoms with Gasteiger partial charge in [-0.05, 0) is 23.8 Å². The molecule has 0 unspecified atom stereocenters. The summed E-state index contributed by atoms with van der Waals surface area (Å²) in [5, 5.41) is 0. The molecule has 2 aromatic rings. The van der Waals surface area contributed by atoms with Gasteiger partial charge in [0, 0.05) is 12.1 Å². The normalized spacial score (nSPS) is 17.6. The maximum absolute atomic E-state index is 13.9. The quantitative estimate of drug-likeness (QED) is 0.866. The van der Waals surface area contributed by atoms with Crippen molar-refractivity contribution in [3.05, 3.63) is 65.5 Å². The van der Waals surface area contributed by atoms with Crippen molar-refractivity contribution < 1.29 is 18.7 Å². The number of rotatable bonds is 4. The molecule has 0 spiro atoms. The molecule has 0 aliphatic carbocycles. The molecule has 0 aromatic heterocycles. The van der Waals surface area contributed by atoms with E-state index >= 15 is 0 Å². The van der Waals surface area contributed by atoms with E-state index in [9.17, 15) is 9.18 Å². The van der Waals surface area contributed by atoms with Crippen molar-refractivity contribution in [3.8, 4) is 5.75 Å². The molecule has 1 aliphatic heterocycles. The van der Waals surface area contributed by atoms with Crippen molar-refractivity contribution in [2.75, 3.05) is 26.8 Å². The van der Waals surface area contributed by atoms with E-state index in [1.54, 1.807) is 30.2 Å². The third-order valence-corrected chi connectivity index (χ3v) is 4.19. The van der Waals surface area contributed by atoms with Crippen molar-refractivity contribution in [1.29, 1.82) is 0 Å². The largest absolute Gasteiger partial charge is 0.497 e. The molecule has 1 fully saturated rings. The van der Waals surface area contributed by atoms with Gasteiger partial charge in [0.2, 0.25) is 5.91 Å². The lowest BCUT2D eigenvalue weighted by Crippen LogP contribution is -2.43. The van der Waals surface area contributed by atoms with E-state index in [-0.39, 0.29) is 11.7 Å². The van der Waals surface area contributed by atoms with Crippen LogP contribution in [-0.4, -0.2) is 37.6 Å². The van der Waals surface area contributed by atoms with E-state index in [4.69, 9.17) is 9.47 Å². The number of methoxy groups -OCH3 is 1. The van der Waals surface area contributed by atoms with Crippen LogP contribution in [0.4, 0.5) is 4.39 Å². The lowest BCUT2D eigenvalue weighted by molar-refractivity contribution is -0.138. The monoisotopic (exact) mass is 329 g/mol. The molecule has 1 amide bonds. The first-order valence-corrected chi connectivity index (χ1v) is 7.94. The van der Waals surface area contributed by atoms with Crippen LogP contribution in [0.5, 0.6) is 5.75 Å². The molecule has 5 heteroatoms. The van der Waals surface area contributed by atoms with Crippen LogP contribution in [-0.2, 0) is 16.0 Å². The molecule has 24 heavy (non-hydrogen) atoms. The first kappa shape index (κ1) is 16.5. The van der Waals surface area contributed by atoms with E-state index in [1.807, 2.05) is 24.3 Å². The zero-order valence-corrected chi connectivity index (χ0v) is 13.6. The van der Waals surface area contributed by atoms with Gasteiger partial charge in [-0.25, -0.2) is 4.39 Å². The predicted molar refractivity (Wildman–Crippen MR) is 88.4 cm³/mol. The van der Waals surface area contributed by atoms with Gasteiger partial charge < -0.3 is 14.4 Å². The summed E-state index contributed by atoms with van der Waals surface area (Å²) in [6, 6.07) is 14.0. The average Bonchev–Trinajstić information content (AvgIpc) is 2.63. The maximum Gasteiger partial charge on any atom is 0.227 e. The number of halogens is 1. The fourth-order valence-electron chi connectivity index (χ4n) is 2.83. The van der Waals surface area contributed by atoms with Crippen LogP contribution >= 0.6 is 0 Å². The van der Waals surface area contributed by atoms with E-state index in [0.29, 0.717) is 31.7 Å². The number of morpholine rings is 1. The Labute approximate surface area is 140 Å². The van der Waals surface area contributed by atoms with Crippen molar-refractivity contribution in [1.82, 2.24) is 4.90 Å². The molecule has 1 heterocycles. The van der Waals surface area contributed by atoms with Crippen LogP contribution in [0.15, 0.2) is 48.5 Å². The Morgan fingerprint density at radius 1 is 1.25 bits per heavy atom. The summed E-state index contributed by atoms with van der Waals surface area (Å²) in [7, 11) is 1.61. The van der Waals surface area contributed by atoms with Crippen LogP contribution in [0.1, 0.15) is 17.2 Å². The highest BCUT2D eigenvalue weighted by molar-refractivity contribution is 5.79. The van der Waals surface area contributed by atoms with Crippen LogP contribution in [0.2, 0.25) is 0 Å². The summed E-state index contributed by atoms with van der Waals surface area (Å²) in [5.74, 6) is 0.481. The van der Waals surface area contributed by atoms with Gasteiger partial charge >= 0.3 is 0 Å². The van der Waals surface area contributed by atoms with Gasteiger partial charge in [-0.15, -0.1) is 0 Å². The number of hydrogen-bond donors (Lipinski definition) is 0. The fraction of sp³-hybridized carbons (Fsp3) is 0.316.